The lowest BCUT2D eigenvalue weighted by molar-refractivity contribution is 0.195. The molecule has 5 nitrogen and oxygen atoms in total. The van der Waals surface area contributed by atoms with Crippen LogP contribution in [-0.4, -0.2) is 26.7 Å². The first-order valence-electron chi connectivity index (χ1n) is 5.24. The number of thiazole rings is 1. The van der Waals surface area contributed by atoms with Crippen molar-refractivity contribution in [2.24, 2.45) is 0 Å². The van der Waals surface area contributed by atoms with Crippen LogP contribution in [0.25, 0.3) is 10.3 Å². The lowest BCUT2D eigenvalue weighted by Gasteiger charge is -2.30. The number of nitrogens with zero attached hydrogens (tertiary/aromatic N) is 3. The van der Waals surface area contributed by atoms with E-state index in [0.29, 0.717) is 10.8 Å². The summed E-state index contributed by atoms with van der Waals surface area (Å²) >= 11 is 4.65. The summed E-state index contributed by atoms with van der Waals surface area (Å²) < 4.78 is 1.71. The van der Waals surface area contributed by atoms with Gasteiger partial charge in [0.15, 0.2) is 10.8 Å². The van der Waals surface area contributed by atoms with Crippen LogP contribution in [0.5, 0.6) is 0 Å². The van der Waals surface area contributed by atoms with Crippen molar-refractivity contribution in [1.82, 2.24) is 9.97 Å². The zero-order chi connectivity index (χ0) is 13.5. The van der Waals surface area contributed by atoms with Crippen molar-refractivity contribution in [3.05, 3.63) is 16.7 Å². The Hall–Kier alpha value is -1.21. The van der Waals surface area contributed by atoms with Crippen molar-refractivity contribution < 1.29 is 9.90 Å². The molecule has 0 saturated carbocycles. The van der Waals surface area contributed by atoms with E-state index < -0.39 is 11.6 Å². The Kier molecular flexibility index (Phi) is 3.29. The van der Waals surface area contributed by atoms with Crippen LogP contribution in [0, 0.1) is 0 Å². The van der Waals surface area contributed by atoms with Gasteiger partial charge >= 0.3 is 6.09 Å². The van der Waals surface area contributed by atoms with Gasteiger partial charge in [0.05, 0.1) is 4.70 Å². The number of carbonyl (C=O) groups is 1. The highest BCUT2D eigenvalue weighted by Crippen LogP contribution is 2.32. The molecule has 1 amide bonds. The summed E-state index contributed by atoms with van der Waals surface area (Å²) in [6, 6.07) is 1.88. The van der Waals surface area contributed by atoms with E-state index in [4.69, 9.17) is 0 Å². The fourth-order valence-electron chi connectivity index (χ4n) is 1.54. The number of carboxylic acid groups (broad SMARTS) is 1. The maximum Gasteiger partial charge on any atom is 0.414 e. The fourth-order valence-corrected chi connectivity index (χ4v) is 3.17. The minimum Gasteiger partial charge on any atom is -0.465 e. The first-order chi connectivity index (χ1) is 8.29. The van der Waals surface area contributed by atoms with Crippen molar-refractivity contribution in [3.63, 3.8) is 0 Å². The van der Waals surface area contributed by atoms with Gasteiger partial charge in [0.1, 0.15) is 0 Å². The van der Waals surface area contributed by atoms with E-state index in [-0.39, 0.29) is 0 Å². The maximum atomic E-state index is 11.4. The monoisotopic (exact) mass is 329 g/mol. The molecule has 2 heterocycles. The number of pyridine rings is 1. The second-order valence-corrected chi connectivity index (χ2v) is 6.69. The molecule has 0 aliphatic carbocycles. The zero-order valence-corrected chi connectivity index (χ0v) is 12.5. The zero-order valence-electron chi connectivity index (χ0n) is 10.1. The second-order valence-electron chi connectivity index (χ2n) is 4.76. The SMILES string of the molecule is CC(C)(C)N(C(=O)O)c1nc2ncc(Br)cc2s1. The predicted molar refractivity (Wildman–Crippen MR) is 75.4 cm³/mol. The van der Waals surface area contributed by atoms with Gasteiger partial charge in [0.2, 0.25) is 0 Å². The maximum absolute atomic E-state index is 11.4. The molecule has 0 bridgehead atoms. The van der Waals surface area contributed by atoms with Gasteiger partial charge in [-0.2, -0.15) is 4.98 Å². The van der Waals surface area contributed by atoms with Gasteiger partial charge < -0.3 is 5.11 Å². The summed E-state index contributed by atoms with van der Waals surface area (Å²) in [4.78, 5) is 21.0. The standard InChI is InChI=1S/C11H12BrN3O2S/c1-11(2,3)15(10(16)17)9-14-8-7(18-9)4-6(12)5-13-8/h4-5H,1-3H3,(H,16,17). The van der Waals surface area contributed by atoms with Gasteiger partial charge in [-0.15, -0.1) is 0 Å². The van der Waals surface area contributed by atoms with Crippen molar-refractivity contribution in [2.75, 3.05) is 4.90 Å². The third-order valence-electron chi connectivity index (χ3n) is 2.26. The third-order valence-corrected chi connectivity index (χ3v) is 3.67. The van der Waals surface area contributed by atoms with Crippen molar-refractivity contribution >= 4 is 48.8 Å². The smallest absolute Gasteiger partial charge is 0.414 e. The molecule has 0 saturated heterocycles. The van der Waals surface area contributed by atoms with Crippen molar-refractivity contribution in [2.45, 2.75) is 26.3 Å². The highest BCUT2D eigenvalue weighted by atomic mass is 79.9. The van der Waals surface area contributed by atoms with Crippen LogP contribution < -0.4 is 4.90 Å². The molecule has 0 radical (unpaired) electrons. The van der Waals surface area contributed by atoms with Gasteiger partial charge in [0, 0.05) is 16.2 Å². The average molecular weight is 330 g/mol. The topological polar surface area (TPSA) is 66.3 Å². The number of fused-ring (bicyclic) bond motifs is 1. The third kappa shape index (κ3) is 2.46. The Morgan fingerprint density at radius 1 is 1.50 bits per heavy atom. The quantitative estimate of drug-likeness (QED) is 0.865. The van der Waals surface area contributed by atoms with Gasteiger partial charge in [-0.1, -0.05) is 11.3 Å². The molecule has 0 fully saturated rings. The van der Waals surface area contributed by atoms with Gasteiger partial charge in [-0.3, -0.25) is 0 Å². The molecule has 2 rings (SSSR count). The van der Waals surface area contributed by atoms with Crippen LogP contribution in [0.2, 0.25) is 0 Å². The van der Waals surface area contributed by atoms with Crippen molar-refractivity contribution in [1.29, 1.82) is 0 Å². The number of rotatable bonds is 1. The van der Waals surface area contributed by atoms with Crippen LogP contribution >= 0.6 is 27.3 Å². The van der Waals surface area contributed by atoms with Crippen LogP contribution in [0.1, 0.15) is 20.8 Å². The lowest BCUT2D eigenvalue weighted by atomic mass is 10.1. The van der Waals surface area contributed by atoms with Gasteiger partial charge in [-0.25, -0.2) is 14.7 Å². The minimum atomic E-state index is -1.01. The van der Waals surface area contributed by atoms with E-state index >= 15 is 0 Å². The molecule has 0 aliphatic heterocycles. The molecule has 0 unspecified atom stereocenters. The van der Waals surface area contributed by atoms with Gasteiger partial charge in [0.25, 0.3) is 0 Å². The Morgan fingerprint density at radius 3 is 2.72 bits per heavy atom. The van der Waals surface area contributed by atoms with Crippen LogP contribution in [0.15, 0.2) is 16.7 Å². The second kappa shape index (κ2) is 4.47. The fraction of sp³-hybridized carbons (Fsp3) is 0.364. The summed E-state index contributed by atoms with van der Waals surface area (Å²) in [5.41, 5.74) is 0.0189. The number of amides is 1. The average Bonchev–Trinajstić information content (AvgIpc) is 2.56. The Bertz CT molecular complexity index is 606. The summed E-state index contributed by atoms with van der Waals surface area (Å²) in [5, 5.41) is 9.75. The molecule has 2 aromatic rings. The van der Waals surface area contributed by atoms with Crippen LogP contribution in [-0.2, 0) is 0 Å². The number of anilines is 1. The largest absolute Gasteiger partial charge is 0.465 e. The molecule has 0 spiro atoms. The highest BCUT2D eigenvalue weighted by Gasteiger charge is 2.30. The van der Waals surface area contributed by atoms with E-state index in [9.17, 15) is 9.90 Å². The van der Waals surface area contributed by atoms with E-state index in [0.717, 1.165) is 9.17 Å². The molecule has 18 heavy (non-hydrogen) atoms. The normalized spacial score (nSPS) is 11.8. The van der Waals surface area contributed by atoms with E-state index in [1.54, 1.807) is 6.20 Å². The minimum absolute atomic E-state index is 0.440. The lowest BCUT2D eigenvalue weighted by Crippen LogP contribution is -2.45. The summed E-state index contributed by atoms with van der Waals surface area (Å²) in [6.45, 7) is 5.49. The molecular formula is C11H12BrN3O2S. The van der Waals surface area contributed by atoms with Crippen molar-refractivity contribution in [3.8, 4) is 0 Å². The summed E-state index contributed by atoms with van der Waals surface area (Å²) in [6.07, 6.45) is 0.634. The molecule has 0 aromatic carbocycles. The van der Waals surface area contributed by atoms with Crippen LogP contribution in [0.3, 0.4) is 0 Å². The molecule has 7 heteroatoms. The first-order valence-corrected chi connectivity index (χ1v) is 6.85. The number of aromatic nitrogens is 2. The first kappa shape index (κ1) is 13.2. The summed E-state index contributed by atoms with van der Waals surface area (Å²) in [5.74, 6) is 0. The Labute approximate surface area is 117 Å². The molecule has 96 valence electrons. The molecule has 2 aromatic heterocycles. The highest BCUT2D eigenvalue weighted by molar-refractivity contribution is 9.10. The Balaban J connectivity index is 2.55. The number of hydrogen-bond donors (Lipinski definition) is 1. The Morgan fingerprint density at radius 2 is 2.17 bits per heavy atom. The molecular weight excluding hydrogens is 318 g/mol. The van der Waals surface area contributed by atoms with E-state index in [1.807, 2.05) is 26.8 Å². The van der Waals surface area contributed by atoms with Gasteiger partial charge in [-0.05, 0) is 42.8 Å². The molecule has 0 atom stereocenters. The van der Waals surface area contributed by atoms with E-state index in [1.165, 1.54) is 16.2 Å². The molecule has 1 N–H and O–H groups in total. The summed E-state index contributed by atoms with van der Waals surface area (Å²) in [7, 11) is 0. The van der Waals surface area contributed by atoms with E-state index in [2.05, 4.69) is 25.9 Å². The predicted octanol–water partition coefficient (Wildman–Crippen LogP) is 3.74. The molecule has 0 aliphatic rings. The number of halogens is 1. The number of hydrogen-bond acceptors (Lipinski definition) is 4. The van der Waals surface area contributed by atoms with Crippen LogP contribution in [0.4, 0.5) is 9.93 Å².